The van der Waals surface area contributed by atoms with E-state index in [1.807, 2.05) is 6.07 Å². The zero-order valence-corrected chi connectivity index (χ0v) is 11.6. The van der Waals surface area contributed by atoms with Crippen LogP contribution in [0, 0.1) is 18.3 Å². The molecule has 0 spiro atoms. The van der Waals surface area contributed by atoms with Gasteiger partial charge >= 0.3 is 0 Å². The number of nitriles is 1. The fraction of sp³-hybridized carbons (Fsp3) is 0.0714. The van der Waals surface area contributed by atoms with E-state index in [4.69, 9.17) is 11.0 Å². The fourth-order valence-electron chi connectivity index (χ4n) is 1.74. The Morgan fingerprint density at radius 3 is 2.55 bits per heavy atom. The first-order valence-electron chi connectivity index (χ1n) is 5.81. The molecule has 0 radical (unpaired) electrons. The van der Waals surface area contributed by atoms with Gasteiger partial charge in [0.2, 0.25) is 0 Å². The van der Waals surface area contributed by atoms with Gasteiger partial charge in [-0.1, -0.05) is 6.07 Å². The summed E-state index contributed by atoms with van der Waals surface area (Å²) < 4.78 is 26.9. The Bertz CT molecular complexity index is 792. The van der Waals surface area contributed by atoms with E-state index in [9.17, 15) is 8.42 Å². The third kappa shape index (κ3) is 2.90. The van der Waals surface area contributed by atoms with Gasteiger partial charge in [0, 0.05) is 5.69 Å². The lowest BCUT2D eigenvalue weighted by Crippen LogP contribution is -2.13. The first kappa shape index (κ1) is 13.9. The van der Waals surface area contributed by atoms with Crippen LogP contribution in [0.25, 0.3) is 0 Å². The van der Waals surface area contributed by atoms with Gasteiger partial charge in [0.25, 0.3) is 10.0 Å². The zero-order chi connectivity index (χ0) is 14.8. The first-order chi connectivity index (χ1) is 9.42. The number of nitrogens with zero attached hydrogens (tertiary/aromatic N) is 1. The molecule has 2 rings (SSSR count). The maximum absolute atomic E-state index is 12.2. The number of anilines is 2. The largest absolute Gasteiger partial charge is 0.399 e. The van der Waals surface area contributed by atoms with Crippen molar-refractivity contribution >= 4 is 21.4 Å². The van der Waals surface area contributed by atoms with Crippen LogP contribution in [-0.4, -0.2) is 8.42 Å². The van der Waals surface area contributed by atoms with Crippen molar-refractivity contribution in [2.75, 3.05) is 10.5 Å². The molecule has 0 unspecified atom stereocenters. The van der Waals surface area contributed by atoms with Crippen molar-refractivity contribution < 1.29 is 8.42 Å². The van der Waals surface area contributed by atoms with Crippen molar-refractivity contribution in [1.29, 1.82) is 5.26 Å². The summed E-state index contributed by atoms with van der Waals surface area (Å²) in [4.78, 5) is 0.108. The maximum atomic E-state index is 12.2. The van der Waals surface area contributed by atoms with E-state index in [0.29, 0.717) is 22.5 Å². The highest BCUT2D eigenvalue weighted by molar-refractivity contribution is 7.92. The van der Waals surface area contributed by atoms with E-state index in [0.717, 1.165) is 0 Å². The number of rotatable bonds is 3. The summed E-state index contributed by atoms with van der Waals surface area (Å²) in [6.45, 7) is 1.69. The van der Waals surface area contributed by atoms with E-state index < -0.39 is 10.0 Å². The van der Waals surface area contributed by atoms with Crippen LogP contribution < -0.4 is 10.5 Å². The molecule has 2 aromatic carbocycles. The normalized spacial score (nSPS) is 10.8. The fourth-order valence-corrected chi connectivity index (χ4v) is 2.88. The molecule has 3 N–H and O–H groups in total. The molecule has 0 atom stereocenters. The van der Waals surface area contributed by atoms with Crippen molar-refractivity contribution in [1.82, 2.24) is 0 Å². The lowest BCUT2D eigenvalue weighted by molar-refractivity contribution is 0.601. The molecule has 0 saturated carbocycles. The third-order valence-electron chi connectivity index (χ3n) is 2.77. The Kier molecular flexibility index (Phi) is 3.63. The van der Waals surface area contributed by atoms with E-state index in [1.165, 1.54) is 24.3 Å². The molecule has 0 saturated heterocycles. The minimum Gasteiger partial charge on any atom is -0.399 e. The summed E-state index contributed by atoms with van der Waals surface area (Å²) >= 11 is 0. The number of aryl methyl sites for hydroxylation is 1. The van der Waals surface area contributed by atoms with Crippen LogP contribution in [0.15, 0.2) is 47.4 Å². The monoisotopic (exact) mass is 287 g/mol. The Labute approximate surface area is 117 Å². The van der Waals surface area contributed by atoms with E-state index in [1.54, 1.807) is 25.1 Å². The highest BCUT2D eigenvalue weighted by atomic mass is 32.2. The van der Waals surface area contributed by atoms with Gasteiger partial charge in [-0.3, -0.25) is 4.72 Å². The summed E-state index contributed by atoms with van der Waals surface area (Å²) in [7, 11) is -3.69. The van der Waals surface area contributed by atoms with Crippen molar-refractivity contribution in [2.24, 2.45) is 0 Å². The summed E-state index contributed by atoms with van der Waals surface area (Å²) in [5, 5.41) is 8.85. The number of nitrogens with one attached hydrogen (secondary N) is 1. The molecular weight excluding hydrogens is 274 g/mol. The van der Waals surface area contributed by atoms with Gasteiger partial charge in [-0.15, -0.1) is 0 Å². The van der Waals surface area contributed by atoms with Gasteiger partial charge in [0.05, 0.1) is 22.2 Å². The van der Waals surface area contributed by atoms with E-state index in [-0.39, 0.29) is 4.90 Å². The Hall–Kier alpha value is -2.52. The first-order valence-corrected chi connectivity index (χ1v) is 7.30. The third-order valence-corrected chi connectivity index (χ3v) is 4.15. The van der Waals surface area contributed by atoms with Crippen molar-refractivity contribution in [3.8, 4) is 6.07 Å². The molecule has 2 aromatic rings. The molecule has 20 heavy (non-hydrogen) atoms. The number of sulfonamides is 1. The number of hydrogen-bond donors (Lipinski definition) is 2. The van der Waals surface area contributed by atoms with Gasteiger partial charge in [0.15, 0.2) is 0 Å². The van der Waals surface area contributed by atoms with Crippen LogP contribution >= 0.6 is 0 Å². The molecule has 0 amide bonds. The standard InChI is InChI=1S/C14H13N3O2S/c1-10-7-14(6-5-11(10)9-15)20(18,19)17-13-4-2-3-12(16)8-13/h2-8,17H,16H2,1H3. The minimum atomic E-state index is -3.69. The van der Waals surface area contributed by atoms with E-state index in [2.05, 4.69) is 4.72 Å². The topological polar surface area (TPSA) is 96.0 Å². The molecule has 102 valence electrons. The van der Waals surface area contributed by atoms with Crippen molar-refractivity contribution in [3.63, 3.8) is 0 Å². The Balaban J connectivity index is 2.36. The molecule has 0 fully saturated rings. The smallest absolute Gasteiger partial charge is 0.261 e. The summed E-state index contributed by atoms with van der Waals surface area (Å²) in [5.74, 6) is 0. The van der Waals surface area contributed by atoms with Crippen LogP contribution in [0.1, 0.15) is 11.1 Å². The van der Waals surface area contributed by atoms with Crippen LogP contribution in [0.4, 0.5) is 11.4 Å². The average Bonchev–Trinajstić information content (AvgIpc) is 2.38. The number of hydrogen-bond acceptors (Lipinski definition) is 4. The van der Waals surface area contributed by atoms with Crippen LogP contribution in [-0.2, 0) is 10.0 Å². The Morgan fingerprint density at radius 1 is 1.20 bits per heavy atom. The number of nitrogens with two attached hydrogens (primary N) is 1. The second kappa shape index (κ2) is 5.23. The molecule has 0 aliphatic rings. The van der Waals surface area contributed by atoms with Gasteiger partial charge in [-0.2, -0.15) is 5.26 Å². The average molecular weight is 287 g/mol. The highest BCUT2D eigenvalue weighted by Crippen LogP contribution is 2.20. The lowest BCUT2D eigenvalue weighted by Gasteiger charge is -2.09. The number of benzene rings is 2. The predicted octanol–water partition coefficient (Wildman–Crippen LogP) is 2.25. The molecule has 5 nitrogen and oxygen atoms in total. The quantitative estimate of drug-likeness (QED) is 0.846. The predicted molar refractivity (Wildman–Crippen MR) is 77.6 cm³/mol. The number of nitrogen functional groups attached to an aromatic ring is 1. The van der Waals surface area contributed by atoms with Crippen molar-refractivity contribution in [3.05, 3.63) is 53.6 Å². The van der Waals surface area contributed by atoms with Gasteiger partial charge < -0.3 is 5.73 Å². The molecule has 0 aromatic heterocycles. The van der Waals surface area contributed by atoms with Gasteiger partial charge in [-0.05, 0) is 48.9 Å². The van der Waals surface area contributed by atoms with Crippen LogP contribution in [0.5, 0.6) is 0 Å². The summed E-state index contributed by atoms with van der Waals surface area (Å²) in [6, 6.07) is 12.8. The van der Waals surface area contributed by atoms with Crippen molar-refractivity contribution in [2.45, 2.75) is 11.8 Å². The summed E-state index contributed by atoms with van der Waals surface area (Å²) in [6.07, 6.45) is 0. The van der Waals surface area contributed by atoms with Crippen LogP contribution in [0.2, 0.25) is 0 Å². The SMILES string of the molecule is Cc1cc(S(=O)(=O)Nc2cccc(N)c2)ccc1C#N. The van der Waals surface area contributed by atoms with Gasteiger partial charge in [-0.25, -0.2) is 8.42 Å². The zero-order valence-electron chi connectivity index (χ0n) is 10.8. The molecule has 0 bridgehead atoms. The lowest BCUT2D eigenvalue weighted by atomic mass is 10.1. The highest BCUT2D eigenvalue weighted by Gasteiger charge is 2.15. The van der Waals surface area contributed by atoms with Crippen LogP contribution in [0.3, 0.4) is 0 Å². The Morgan fingerprint density at radius 2 is 1.95 bits per heavy atom. The molecule has 0 aliphatic heterocycles. The minimum absolute atomic E-state index is 0.108. The summed E-state index contributed by atoms with van der Waals surface area (Å²) in [5.41, 5.74) is 7.54. The molecule has 0 heterocycles. The molecular formula is C14H13N3O2S. The van der Waals surface area contributed by atoms with Gasteiger partial charge in [0.1, 0.15) is 0 Å². The maximum Gasteiger partial charge on any atom is 0.261 e. The van der Waals surface area contributed by atoms with E-state index >= 15 is 0 Å². The molecule has 6 heteroatoms. The second-order valence-corrected chi connectivity index (χ2v) is 6.00. The second-order valence-electron chi connectivity index (χ2n) is 4.32. The molecule has 0 aliphatic carbocycles.